The molecule has 0 aliphatic heterocycles. The first-order valence-corrected chi connectivity index (χ1v) is 4.06. The lowest BCUT2D eigenvalue weighted by Crippen LogP contribution is -2.33. The molecule has 12 heavy (non-hydrogen) atoms. The molecular formula is C7H11N3OS. The summed E-state index contributed by atoms with van der Waals surface area (Å²) in [6.45, 7) is 0. The summed E-state index contributed by atoms with van der Waals surface area (Å²) in [7, 11) is 1.73. The Hall–Kier alpha value is -0.810. The van der Waals surface area contributed by atoms with Gasteiger partial charge in [0.1, 0.15) is 0 Å². The number of nitrogens with one attached hydrogen (secondary N) is 2. The van der Waals surface area contributed by atoms with Gasteiger partial charge in [-0.3, -0.25) is 4.79 Å². The molecule has 0 aliphatic rings. The highest BCUT2D eigenvalue weighted by molar-refractivity contribution is 7.96. The van der Waals surface area contributed by atoms with E-state index in [1.165, 1.54) is 0 Å². The second-order valence-electron chi connectivity index (χ2n) is 2.46. The van der Waals surface area contributed by atoms with Crippen LogP contribution in [0.2, 0.25) is 0 Å². The minimum Gasteiger partial charge on any atom is -0.348 e. The van der Waals surface area contributed by atoms with E-state index in [4.69, 9.17) is 0 Å². The number of rotatable bonds is 4. The van der Waals surface area contributed by atoms with E-state index >= 15 is 0 Å². The summed E-state index contributed by atoms with van der Waals surface area (Å²) in [5, 5.41) is 2.71. The first kappa shape index (κ1) is 9.28. The Kier molecular flexibility index (Phi) is 3.31. The van der Waals surface area contributed by atoms with Crippen LogP contribution < -0.4 is 5.32 Å². The maximum Gasteiger partial charge on any atom is 0.203 e. The predicted molar refractivity (Wildman–Crippen MR) is 49.1 cm³/mol. The van der Waals surface area contributed by atoms with Crippen molar-refractivity contribution < 1.29 is 4.79 Å². The van der Waals surface area contributed by atoms with E-state index in [0.29, 0.717) is 6.42 Å². The van der Waals surface area contributed by atoms with Crippen molar-refractivity contribution in [2.45, 2.75) is 12.5 Å². The molecule has 0 fully saturated rings. The standard InChI is InChI=1S/C7H11N3OS/c1-8-6(7(11)12)2-5-3-9-4-10-5/h3-4,6,8H,2H2,1H3,(H,9,10)(H,11,12)/t6-/m0/s1. The summed E-state index contributed by atoms with van der Waals surface area (Å²) < 4.78 is 0. The second-order valence-corrected chi connectivity index (χ2v) is 2.90. The van der Waals surface area contributed by atoms with Crippen molar-refractivity contribution in [1.29, 1.82) is 0 Å². The average Bonchev–Trinajstić information content (AvgIpc) is 2.51. The Morgan fingerprint density at radius 1 is 1.92 bits per heavy atom. The number of nitrogens with zero attached hydrogens (tertiary/aromatic N) is 1. The van der Waals surface area contributed by atoms with Gasteiger partial charge in [0.2, 0.25) is 5.12 Å². The highest BCUT2D eigenvalue weighted by atomic mass is 32.1. The van der Waals surface area contributed by atoms with E-state index in [0.717, 1.165) is 5.69 Å². The van der Waals surface area contributed by atoms with Crippen LogP contribution in [0.4, 0.5) is 0 Å². The molecule has 0 aromatic carbocycles. The fourth-order valence-corrected chi connectivity index (χ4v) is 1.15. The second kappa shape index (κ2) is 4.27. The number of hydrogen-bond acceptors (Lipinski definition) is 3. The molecule has 1 atom stereocenters. The molecule has 2 N–H and O–H groups in total. The van der Waals surface area contributed by atoms with Gasteiger partial charge in [0, 0.05) is 18.3 Å². The zero-order valence-electron chi connectivity index (χ0n) is 6.74. The zero-order chi connectivity index (χ0) is 8.97. The Balaban J connectivity index is 2.54. The third kappa shape index (κ3) is 2.35. The number of imidazole rings is 1. The minimum atomic E-state index is -0.242. The molecule has 1 aromatic heterocycles. The first-order chi connectivity index (χ1) is 5.74. The van der Waals surface area contributed by atoms with Crippen molar-refractivity contribution in [1.82, 2.24) is 15.3 Å². The highest BCUT2D eigenvalue weighted by Gasteiger charge is 2.13. The molecule has 0 aliphatic carbocycles. The van der Waals surface area contributed by atoms with Gasteiger partial charge in [0.25, 0.3) is 0 Å². The van der Waals surface area contributed by atoms with E-state index < -0.39 is 0 Å². The van der Waals surface area contributed by atoms with E-state index in [9.17, 15) is 4.79 Å². The van der Waals surface area contributed by atoms with Gasteiger partial charge >= 0.3 is 0 Å². The third-order valence-corrected chi connectivity index (χ3v) is 1.94. The van der Waals surface area contributed by atoms with Crippen molar-refractivity contribution in [3.8, 4) is 0 Å². The molecule has 0 spiro atoms. The lowest BCUT2D eigenvalue weighted by Gasteiger charge is -2.09. The van der Waals surface area contributed by atoms with Crippen LogP contribution in [0.15, 0.2) is 12.5 Å². The molecule has 1 aromatic rings. The molecule has 0 amide bonds. The van der Waals surface area contributed by atoms with Gasteiger partial charge in [-0.25, -0.2) is 4.98 Å². The Bertz CT molecular complexity index is 247. The number of thiol groups is 1. The number of aromatic nitrogens is 2. The lowest BCUT2D eigenvalue weighted by atomic mass is 10.2. The topological polar surface area (TPSA) is 57.8 Å². The van der Waals surface area contributed by atoms with E-state index in [1.807, 2.05) is 0 Å². The molecule has 0 saturated carbocycles. The Labute approximate surface area is 76.2 Å². The molecule has 0 unspecified atom stereocenters. The van der Waals surface area contributed by atoms with Crippen LogP contribution in [-0.2, 0) is 11.2 Å². The largest absolute Gasteiger partial charge is 0.348 e. The predicted octanol–water partition coefficient (Wildman–Crippen LogP) is -0.00340. The number of aromatic amines is 1. The number of H-pyrrole nitrogens is 1. The highest BCUT2D eigenvalue weighted by Crippen LogP contribution is 2.00. The van der Waals surface area contributed by atoms with Crippen LogP contribution in [-0.4, -0.2) is 28.2 Å². The molecule has 0 radical (unpaired) electrons. The van der Waals surface area contributed by atoms with Crippen molar-refractivity contribution in [2.75, 3.05) is 7.05 Å². The van der Waals surface area contributed by atoms with Gasteiger partial charge < -0.3 is 10.3 Å². The van der Waals surface area contributed by atoms with Crippen molar-refractivity contribution in [3.05, 3.63) is 18.2 Å². The van der Waals surface area contributed by atoms with Crippen molar-refractivity contribution >= 4 is 17.7 Å². The molecule has 5 heteroatoms. The van der Waals surface area contributed by atoms with Crippen LogP contribution >= 0.6 is 12.6 Å². The first-order valence-electron chi connectivity index (χ1n) is 3.61. The van der Waals surface area contributed by atoms with Crippen LogP contribution in [0, 0.1) is 0 Å². The fraction of sp³-hybridized carbons (Fsp3) is 0.429. The van der Waals surface area contributed by atoms with E-state index in [2.05, 4.69) is 27.9 Å². The molecular weight excluding hydrogens is 174 g/mol. The summed E-state index contributed by atoms with van der Waals surface area (Å²) in [5.74, 6) is 0. The van der Waals surface area contributed by atoms with E-state index in [1.54, 1.807) is 19.6 Å². The van der Waals surface area contributed by atoms with E-state index in [-0.39, 0.29) is 11.2 Å². The Morgan fingerprint density at radius 3 is 3.08 bits per heavy atom. The summed E-state index contributed by atoms with van der Waals surface area (Å²) in [5.41, 5.74) is 0.928. The smallest absolute Gasteiger partial charge is 0.203 e. The quantitative estimate of drug-likeness (QED) is 0.579. The van der Waals surface area contributed by atoms with Crippen LogP contribution in [0.5, 0.6) is 0 Å². The van der Waals surface area contributed by atoms with Crippen LogP contribution in [0.25, 0.3) is 0 Å². The molecule has 4 nitrogen and oxygen atoms in total. The number of hydrogen-bond donors (Lipinski definition) is 3. The van der Waals surface area contributed by atoms with Gasteiger partial charge in [-0.05, 0) is 7.05 Å². The maximum absolute atomic E-state index is 10.9. The summed E-state index contributed by atoms with van der Waals surface area (Å²) in [6, 6.07) is -0.242. The van der Waals surface area contributed by atoms with Crippen LogP contribution in [0.3, 0.4) is 0 Å². The van der Waals surface area contributed by atoms with Gasteiger partial charge in [-0.1, -0.05) is 0 Å². The summed E-state index contributed by atoms with van der Waals surface area (Å²) in [4.78, 5) is 17.6. The Morgan fingerprint density at radius 2 is 2.67 bits per heavy atom. The number of likely N-dealkylation sites (N-methyl/N-ethyl adjacent to an activating group) is 1. The van der Waals surface area contributed by atoms with Crippen molar-refractivity contribution in [2.24, 2.45) is 0 Å². The lowest BCUT2D eigenvalue weighted by molar-refractivity contribution is -0.112. The fourth-order valence-electron chi connectivity index (χ4n) is 0.929. The van der Waals surface area contributed by atoms with Gasteiger partial charge in [-0.2, -0.15) is 0 Å². The third-order valence-electron chi connectivity index (χ3n) is 1.63. The van der Waals surface area contributed by atoms with Crippen LogP contribution in [0.1, 0.15) is 5.69 Å². The molecule has 66 valence electrons. The summed E-state index contributed by atoms with van der Waals surface area (Å²) in [6.07, 6.45) is 3.88. The van der Waals surface area contributed by atoms with Gasteiger partial charge in [0.15, 0.2) is 0 Å². The molecule has 0 saturated heterocycles. The SMILES string of the molecule is CN[C@@H](Cc1cnc[nH]1)C(=O)S. The average molecular weight is 185 g/mol. The number of carbonyl (C=O) groups is 1. The monoisotopic (exact) mass is 185 g/mol. The maximum atomic E-state index is 10.9. The van der Waals surface area contributed by atoms with Gasteiger partial charge in [0.05, 0.1) is 12.4 Å². The molecule has 1 heterocycles. The zero-order valence-corrected chi connectivity index (χ0v) is 7.64. The van der Waals surface area contributed by atoms with Gasteiger partial charge in [-0.15, -0.1) is 12.6 Å². The van der Waals surface area contributed by atoms with Crippen molar-refractivity contribution in [3.63, 3.8) is 0 Å². The summed E-state index contributed by atoms with van der Waals surface area (Å²) >= 11 is 3.75. The molecule has 1 rings (SSSR count). The molecule has 0 bridgehead atoms. The number of carbonyl (C=O) groups excluding carboxylic acids is 1. The normalized spacial score (nSPS) is 12.8. The minimum absolute atomic E-state index is 0.160.